The van der Waals surface area contributed by atoms with Gasteiger partial charge in [0.15, 0.2) is 0 Å². The number of likely N-dealkylation sites (N-methyl/N-ethyl adjacent to an activating group) is 1. The van der Waals surface area contributed by atoms with Crippen molar-refractivity contribution < 1.29 is 9.21 Å². The molecule has 26 heavy (non-hydrogen) atoms. The van der Waals surface area contributed by atoms with Crippen LogP contribution in [0.3, 0.4) is 0 Å². The first-order valence-corrected chi connectivity index (χ1v) is 9.21. The molecule has 0 bridgehead atoms. The van der Waals surface area contributed by atoms with Gasteiger partial charge in [0.05, 0.1) is 6.04 Å². The van der Waals surface area contributed by atoms with Crippen molar-refractivity contribution in [3.05, 3.63) is 72.0 Å². The molecule has 1 aromatic heterocycles. The number of hydrogen-bond donors (Lipinski definition) is 0. The van der Waals surface area contributed by atoms with Crippen LogP contribution in [0.2, 0.25) is 0 Å². The van der Waals surface area contributed by atoms with Crippen molar-refractivity contribution in [3.63, 3.8) is 0 Å². The molecule has 0 aliphatic carbocycles. The lowest BCUT2D eigenvalue weighted by Gasteiger charge is -2.40. The van der Waals surface area contributed by atoms with Crippen molar-refractivity contribution in [2.75, 3.05) is 26.7 Å². The van der Waals surface area contributed by atoms with Gasteiger partial charge in [0, 0.05) is 37.9 Å². The number of para-hydroxylation sites is 1. The number of carbonyl (C=O) groups is 1. The molecule has 0 radical (unpaired) electrons. The van der Waals surface area contributed by atoms with Crippen LogP contribution < -0.4 is 0 Å². The van der Waals surface area contributed by atoms with Crippen molar-refractivity contribution in [2.45, 2.75) is 18.9 Å². The zero-order chi connectivity index (χ0) is 17.9. The van der Waals surface area contributed by atoms with Gasteiger partial charge in [0.25, 0.3) is 0 Å². The molecule has 1 atom stereocenters. The highest BCUT2D eigenvalue weighted by atomic mass is 16.3. The van der Waals surface area contributed by atoms with E-state index in [1.165, 1.54) is 5.56 Å². The van der Waals surface area contributed by atoms with E-state index in [9.17, 15) is 4.79 Å². The lowest BCUT2D eigenvalue weighted by molar-refractivity contribution is -0.136. The zero-order valence-electron chi connectivity index (χ0n) is 15.1. The maximum absolute atomic E-state index is 12.9. The molecule has 4 nitrogen and oxygen atoms in total. The Bertz CT molecular complexity index is 854. The standard InChI is InChI=1S/C22H24N2O2/c1-23-13-14-24(20(16-23)17-7-3-2-4-8-17)22(25)12-11-19-15-18-9-5-6-10-21(18)26-19/h2-10,15,20H,11-14,16H2,1H3/t20-/m1/s1. The lowest BCUT2D eigenvalue weighted by Crippen LogP contribution is -2.49. The van der Waals surface area contributed by atoms with Crippen molar-refractivity contribution in [2.24, 2.45) is 0 Å². The average molecular weight is 348 g/mol. The van der Waals surface area contributed by atoms with E-state index >= 15 is 0 Å². The second-order valence-corrected chi connectivity index (χ2v) is 7.03. The summed E-state index contributed by atoms with van der Waals surface area (Å²) in [5.41, 5.74) is 2.09. The summed E-state index contributed by atoms with van der Waals surface area (Å²) < 4.78 is 5.86. The van der Waals surface area contributed by atoms with Gasteiger partial charge in [-0.25, -0.2) is 0 Å². The van der Waals surface area contributed by atoms with Crippen molar-refractivity contribution >= 4 is 16.9 Å². The third-order valence-electron chi connectivity index (χ3n) is 5.15. The van der Waals surface area contributed by atoms with E-state index in [-0.39, 0.29) is 11.9 Å². The van der Waals surface area contributed by atoms with E-state index in [0.717, 1.165) is 36.4 Å². The molecule has 1 fully saturated rings. The molecule has 1 aliphatic heterocycles. The fraction of sp³-hybridized carbons (Fsp3) is 0.318. The number of nitrogens with zero attached hydrogens (tertiary/aromatic N) is 2. The summed E-state index contributed by atoms with van der Waals surface area (Å²) in [6.45, 7) is 2.56. The fourth-order valence-corrected chi connectivity index (χ4v) is 3.71. The van der Waals surface area contributed by atoms with Crippen LogP contribution in [-0.4, -0.2) is 42.4 Å². The summed E-state index contributed by atoms with van der Waals surface area (Å²) in [4.78, 5) is 17.3. The number of piperazine rings is 1. The van der Waals surface area contributed by atoms with E-state index in [1.807, 2.05) is 53.4 Å². The first-order valence-electron chi connectivity index (χ1n) is 9.21. The molecule has 2 heterocycles. The van der Waals surface area contributed by atoms with Gasteiger partial charge in [-0.3, -0.25) is 4.79 Å². The highest BCUT2D eigenvalue weighted by Crippen LogP contribution is 2.26. The lowest BCUT2D eigenvalue weighted by atomic mass is 10.0. The number of carbonyl (C=O) groups excluding carboxylic acids is 1. The fourth-order valence-electron chi connectivity index (χ4n) is 3.71. The van der Waals surface area contributed by atoms with Crippen molar-refractivity contribution in [1.82, 2.24) is 9.80 Å². The van der Waals surface area contributed by atoms with E-state index in [0.29, 0.717) is 12.8 Å². The van der Waals surface area contributed by atoms with Gasteiger partial charge in [-0.2, -0.15) is 0 Å². The van der Waals surface area contributed by atoms with Crippen LogP contribution in [0.25, 0.3) is 11.0 Å². The Morgan fingerprint density at radius 3 is 2.65 bits per heavy atom. The van der Waals surface area contributed by atoms with Crippen LogP contribution in [-0.2, 0) is 11.2 Å². The Morgan fingerprint density at radius 2 is 1.85 bits per heavy atom. The normalized spacial score (nSPS) is 18.3. The first-order chi connectivity index (χ1) is 12.7. The van der Waals surface area contributed by atoms with Gasteiger partial charge in [0.1, 0.15) is 11.3 Å². The molecule has 0 saturated carbocycles. The largest absolute Gasteiger partial charge is 0.461 e. The number of hydrogen-bond acceptors (Lipinski definition) is 3. The summed E-state index contributed by atoms with van der Waals surface area (Å²) >= 11 is 0. The number of benzene rings is 2. The van der Waals surface area contributed by atoms with Crippen molar-refractivity contribution in [1.29, 1.82) is 0 Å². The minimum Gasteiger partial charge on any atom is -0.461 e. The van der Waals surface area contributed by atoms with Crippen LogP contribution in [0.5, 0.6) is 0 Å². The molecule has 4 heteroatoms. The van der Waals surface area contributed by atoms with Gasteiger partial charge in [-0.1, -0.05) is 48.5 Å². The highest BCUT2D eigenvalue weighted by Gasteiger charge is 2.29. The van der Waals surface area contributed by atoms with Crippen LogP contribution >= 0.6 is 0 Å². The predicted molar refractivity (Wildman–Crippen MR) is 103 cm³/mol. The molecule has 0 N–H and O–H groups in total. The molecular weight excluding hydrogens is 324 g/mol. The van der Waals surface area contributed by atoms with Gasteiger partial charge in [-0.15, -0.1) is 0 Å². The van der Waals surface area contributed by atoms with Gasteiger partial charge >= 0.3 is 0 Å². The minimum atomic E-state index is 0.123. The number of aryl methyl sites for hydroxylation is 1. The molecule has 134 valence electrons. The molecule has 0 unspecified atom stereocenters. The summed E-state index contributed by atoms with van der Waals surface area (Å²) in [6, 6.07) is 20.5. The minimum absolute atomic E-state index is 0.123. The van der Waals surface area contributed by atoms with E-state index < -0.39 is 0 Å². The Hall–Kier alpha value is -2.59. The molecule has 2 aromatic carbocycles. The van der Waals surface area contributed by atoms with E-state index in [2.05, 4.69) is 24.1 Å². The third-order valence-corrected chi connectivity index (χ3v) is 5.15. The van der Waals surface area contributed by atoms with Crippen LogP contribution in [0, 0.1) is 0 Å². The van der Waals surface area contributed by atoms with Crippen LogP contribution in [0.4, 0.5) is 0 Å². The quantitative estimate of drug-likeness (QED) is 0.718. The maximum atomic E-state index is 12.9. The Morgan fingerprint density at radius 1 is 1.08 bits per heavy atom. The first kappa shape index (κ1) is 16.9. The number of amides is 1. The number of furan rings is 1. The van der Waals surface area contributed by atoms with Gasteiger partial charge < -0.3 is 14.2 Å². The highest BCUT2D eigenvalue weighted by molar-refractivity contribution is 5.79. The molecule has 1 saturated heterocycles. The van der Waals surface area contributed by atoms with Gasteiger partial charge in [-0.05, 0) is 24.7 Å². The zero-order valence-corrected chi connectivity index (χ0v) is 15.1. The van der Waals surface area contributed by atoms with E-state index in [1.54, 1.807) is 0 Å². The number of fused-ring (bicyclic) bond motifs is 1. The van der Waals surface area contributed by atoms with Crippen LogP contribution in [0.15, 0.2) is 65.1 Å². The SMILES string of the molecule is CN1CCN(C(=O)CCc2cc3ccccc3o2)[C@@H](c2ccccc2)C1. The van der Waals surface area contributed by atoms with Crippen LogP contribution in [0.1, 0.15) is 23.8 Å². The molecule has 1 aliphatic rings. The summed E-state index contributed by atoms with van der Waals surface area (Å²) in [5, 5.41) is 1.09. The number of rotatable bonds is 4. The average Bonchev–Trinajstić information content (AvgIpc) is 3.10. The summed E-state index contributed by atoms with van der Waals surface area (Å²) in [6.07, 6.45) is 1.12. The predicted octanol–water partition coefficient (Wildman–Crippen LogP) is 3.88. The van der Waals surface area contributed by atoms with Gasteiger partial charge in [0.2, 0.25) is 5.91 Å². The van der Waals surface area contributed by atoms with Crippen molar-refractivity contribution in [3.8, 4) is 0 Å². The smallest absolute Gasteiger partial charge is 0.223 e. The molecule has 0 spiro atoms. The molecule has 4 rings (SSSR count). The Balaban J connectivity index is 1.46. The van der Waals surface area contributed by atoms with E-state index in [4.69, 9.17) is 4.42 Å². The summed E-state index contributed by atoms with van der Waals surface area (Å²) in [7, 11) is 2.12. The molecular formula is C22H24N2O2. The second kappa shape index (κ2) is 7.34. The molecule has 3 aromatic rings. The maximum Gasteiger partial charge on any atom is 0.223 e. The summed E-state index contributed by atoms with van der Waals surface area (Å²) in [5.74, 6) is 1.08. The third kappa shape index (κ3) is 3.51. The Kier molecular flexibility index (Phi) is 4.76. The molecule has 1 amide bonds. The monoisotopic (exact) mass is 348 g/mol. The topological polar surface area (TPSA) is 36.7 Å². The Labute approximate surface area is 154 Å². The second-order valence-electron chi connectivity index (χ2n) is 7.03.